The molecule has 0 bridgehead atoms. The quantitative estimate of drug-likeness (QED) is 0.649. The van der Waals surface area contributed by atoms with Crippen LogP contribution < -0.4 is 10.4 Å². The second kappa shape index (κ2) is 7.57. The molecular formula is C28H38O2Si. The molecule has 2 aromatic carbocycles. The van der Waals surface area contributed by atoms with E-state index in [-0.39, 0.29) is 16.4 Å². The van der Waals surface area contributed by atoms with E-state index in [4.69, 9.17) is 4.43 Å². The SMILES string of the molecule is CC(C)(C)[Si](OC[C@H]1[C@@H]2CCC[C@@]23CCCC[C@@]13O)(c1ccccc1)c1ccccc1. The fourth-order valence-corrected chi connectivity index (χ4v) is 12.4. The molecule has 0 aliphatic heterocycles. The van der Waals surface area contributed by atoms with Gasteiger partial charge in [-0.15, -0.1) is 0 Å². The summed E-state index contributed by atoms with van der Waals surface area (Å²) >= 11 is 0. The van der Waals surface area contributed by atoms with Crippen LogP contribution in [0.1, 0.15) is 65.7 Å². The maximum absolute atomic E-state index is 11.9. The molecule has 0 heterocycles. The summed E-state index contributed by atoms with van der Waals surface area (Å²) in [7, 11) is -2.54. The van der Waals surface area contributed by atoms with Crippen molar-refractivity contribution in [2.24, 2.45) is 17.3 Å². The molecule has 4 atom stereocenters. The van der Waals surface area contributed by atoms with E-state index in [0.717, 1.165) is 6.42 Å². The zero-order valence-electron chi connectivity index (χ0n) is 19.4. The summed E-state index contributed by atoms with van der Waals surface area (Å²) in [4.78, 5) is 0. The highest BCUT2D eigenvalue weighted by atomic mass is 28.4. The summed E-state index contributed by atoms with van der Waals surface area (Å²) in [6.45, 7) is 7.72. The van der Waals surface area contributed by atoms with Crippen LogP contribution in [0.2, 0.25) is 5.04 Å². The summed E-state index contributed by atoms with van der Waals surface area (Å²) in [5.74, 6) is 0.938. The predicted octanol–water partition coefficient (Wildman–Crippen LogP) is 5.28. The summed E-state index contributed by atoms with van der Waals surface area (Å²) in [5, 5.41) is 14.6. The summed E-state index contributed by atoms with van der Waals surface area (Å²) in [6, 6.07) is 21.8. The van der Waals surface area contributed by atoms with E-state index in [1.54, 1.807) is 0 Å². The minimum atomic E-state index is -2.54. The highest BCUT2D eigenvalue weighted by molar-refractivity contribution is 6.99. The second-order valence-electron chi connectivity index (χ2n) is 11.4. The first kappa shape index (κ1) is 21.4. The fraction of sp³-hybridized carbons (Fsp3) is 0.571. The highest BCUT2D eigenvalue weighted by Crippen LogP contribution is 2.71. The lowest BCUT2D eigenvalue weighted by atomic mass is 9.41. The first-order valence-corrected chi connectivity index (χ1v) is 14.2. The van der Waals surface area contributed by atoms with Crippen LogP contribution in [0.5, 0.6) is 0 Å². The van der Waals surface area contributed by atoms with Gasteiger partial charge in [0.25, 0.3) is 8.32 Å². The summed E-state index contributed by atoms with van der Waals surface area (Å²) < 4.78 is 7.27. The molecule has 3 fully saturated rings. The standard InChI is InChI=1S/C28H38O2Si/c1-26(2,3)31(22-13-6-4-7-14-22,23-15-8-5-9-16-23)30-21-25-24-17-12-19-27(24)18-10-11-20-28(25,27)29/h4-9,13-16,24-25,29H,10-12,17-21H2,1-3H3/t24-,25-,27-,28+/m0/s1. The van der Waals surface area contributed by atoms with Gasteiger partial charge < -0.3 is 9.53 Å². The predicted molar refractivity (Wildman–Crippen MR) is 130 cm³/mol. The zero-order chi connectivity index (χ0) is 21.7. The van der Waals surface area contributed by atoms with Gasteiger partial charge in [-0.3, -0.25) is 0 Å². The third-order valence-corrected chi connectivity index (χ3v) is 14.1. The highest BCUT2D eigenvalue weighted by Gasteiger charge is 2.72. The van der Waals surface area contributed by atoms with Crippen LogP contribution >= 0.6 is 0 Å². The molecule has 0 aromatic heterocycles. The first-order chi connectivity index (χ1) is 14.9. The maximum atomic E-state index is 11.9. The molecule has 3 heteroatoms. The van der Waals surface area contributed by atoms with Gasteiger partial charge in [0.1, 0.15) is 0 Å². The Morgan fingerprint density at radius 2 is 1.42 bits per heavy atom. The minimum absolute atomic E-state index is 0.0125. The molecule has 3 aliphatic carbocycles. The Kier molecular flexibility index (Phi) is 5.23. The molecule has 1 N–H and O–H groups in total. The van der Waals surface area contributed by atoms with Crippen molar-refractivity contribution in [3.63, 3.8) is 0 Å². The molecule has 2 nitrogen and oxygen atoms in total. The van der Waals surface area contributed by atoms with Crippen molar-refractivity contribution in [1.29, 1.82) is 0 Å². The number of rotatable bonds is 5. The third-order valence-electron chi connectivity index (χ3n) is 9.14. The van der Waals surface area contributed by atoms with Crippen molar-refractivity contribution in [1.82, 2.24) is 0 Å². The Labute approximate surface area is 189 Å². The molecular weight excluding hydrogens is 396 g/mol. The Hall–Kier alpha value is -1.42. The van der Waals surface area contributed by atoms with Crippen molar-refractivity contribution in [2.75, 3.05) is 6.61 Å². The third kappa shape index (κ3) is 2.96. The van der Waals surface area contributed by atoms with Gasteiger partial charge in [0, 0.05) is 17.9 Å². The van der Waals surface area contributed by atoms with Gasteiger partial charge in [0.15, 0.2) is 0 Å². The van der Waals surface area contributed by atoms with Crippen LogP contribution in [-0.4, -0.2) is 25.6 Å². The lowest BCUT2D eigenvalue weighted by Gasteiger charge is -2.67. The van der Waals surface area contributed by atoms with E-state index in [0.29, 0.717) is 12.5 Å². The molecule has 31 heavy (non-hydrogen) atoms. The molecule has 2 aromatic rings. The number of hydrogen-bond donors (Lipinski definition) is 1. The van der Waals surface area contributed by atoms with Crippen LogP contribution in [0.15, 0.2) is 60.7 Å². The molecule has 0 radical (unpaired) electrons. The van der Waals surface area contributed by atoms with E-state index < -0.39 is 13.9 Å². The average molecular weight is 435 g/mol. The summed E-state index contributed by atoms with van der Waals surface area (Å²) in [5.41, 5.74) is -0.303. The minimum Gasteiger partial charge on any atom is -0.407 e. The topological polar surface area (TPSA) is 29.5 Å². The fourth-order valence-electron chi connectivity index (χ4n) is 7.86. The van der Waals surface area contributed by atoms with E-state index in [1.165, 1.54) is 48.9 Å². The molecule has 5 rings (SSSR count). The van der Waals surface area contributed by atoms with Crippen molar-refractivity contribution in [3.05, 3.63) is 60.7 Å². The van der Waals surface area contributed by atoms with Crippen LogP contribution in [0, 0.1) is 17.3 Å². The van der Waals surface area contributed by atoms with Crippen LogP contribution in [0.4, 0.5) is 0 Å². The molecule has 0 unspecified atom stereocenters. The van der Waals surface area contributed by atoms with Crippen LogP contribution in [0.25, 0.3) is 0 Å². The van der Waals surface area contributed by atoms with Gasteiger partial charge >= 0.3 is 0 Å². The van der Waals surface area contributed by atoms with Gasteiger partial charge in [-0.05, 0) is 47.0 Å². The number of aliphatic hydroxyl groups is 1. The van der Waals surface area contributed by atoms with Crippen molar-refractivity contribution in [2.45, 2.75) is 76.4 Å². The monoisotopic (exact) mass is 434 g/mol. The summed E-state index contributed by atoms with van der Waals surface area (Å²) in [6.07, 6.45) is 8.44. The van der Waals surface area contributed by atoms with E-state index in [2.05, 4.69) is 81.4 Å². The van der Waals surface area contributed by atoms with Crippen LogP contribution in [-0.2, 0) is 4.43 Å². The second-order valence-corrected chi connectivity index (χ2v) is 15.7. The van der Waals surface area contributed by atoms with E-state index in [1.807, 2.05) is 0 Å². The zero-order valence-corrected chi connectivity index (χ0v) is 20.4. The van der Waals surface area contributed by atoms with E-state index in [9.17, 15) is 5.11 Å². The Morgan fingerprint density at radius 3 is 2.00 bits per heavy atom. The van der Waals surface area contributed by atoms with Gasteiger partial charge in [0.2, 0.25) is 0 Å². The molecule has 3 aliphatic rings. The lowest BCUT2D eigenvalue weighted by Crippen LogP contribution is -2.73. The van der Waals surface area contributed by atoms with Crippen molar-refractivity contribution >= 4 is 18.7 Å². The Bertz CT molecular complexity index is 866. The number of hydrogen-bond acceptors (Lipinski definition) is 2. The van der Waals surface area contributed by atoms with E-state index >= 15 is 0 Å². The normalized spacial score (nSPS) is 32.8. The number of benzene rings is 2. The van der Waals surface area contributed by atoms with Crippen LogP contribution in [0.3, 0.4) is 0 Å². The van der Waals surface area contributed by atoms with Gasteiger partial charge in [0.05, 0.1) is 5.60 Å². The average Bonchev–Trinajstić information content (AvgIpc) is 3.13. The van der Waals surface area contributed by atoms with Crippen molar-refractivity contribution in [3.8, 4) is 0 Å². The Morgan fingerprint density at radius 1 is 0.871 bits per heavy atom. The van der Waals surface area contributed by atoms with Gasteiger partial charge in [-0.2, -0.15) is 0 Å². The Balaban J connectivity index is 1.53. The first-order valence-electron chi connectivity index (χ1n) is 12.3. The maximum Gasteiger partial charge on any atom is 0.261 e. The molecule has 0 amide bonds. The molecule has 166 valence electrons. The molecule has 0 saturated heterocycles. The smallest absolute Gasteiger partial charge is 0.261 e. The lowest BCUT2D eigenvalue weighted by molar-refractivity contribution is -0.277. The largest absolute Gasteiger partial charge is 0.407 e. The molecule has 1 spiro atoms. The van der Waals surface area contributed by atoms with Gasteiger partial charge in [-0.1, -0.05) is 101 Å². The van der Waals surface area contributed by atoms with Gasteiger partial charge in [-0.25, -0.2) is 0 Å². The van der Waals surface area contributed by atoms with Crippen molar-refractivity contribution < 1.29 is 9.53 Å². The molecule has 3 saturated carbocycles.